The molecule has 1 saturated carbocycles. The Morgan fingerprint density at radius 2 is 2.13 bits per heavy atom. The van der Waals surface area contributed by atoms with Gasteiger partial charge in [-0.1, -0.05) is 30.9 Å². The Labute approximate surface area is 95.6 Å². The van der Waals surface area contributed by atoms with Crippen LogP contribution in [0, 0.1) is 5.92 Å². The van der Waals surface area contributed by atoms with E-state index >= 15 is 0 Å². The van der Waals surface area contributed by atoms with Gasteiger partial charge in [0.25, 0.3) is 0 Å². The van der Waals surface area contributed by atoms with Crippen LogP contribution in [0.25, 0.3) is 0 Å². The predicted octanol–water partition coefficient (Wildman–Crippen LogP) is 2.65. The molecule has 0 saturated heterocycles. The molecule has 0 amide bonds. The third-order valence-electron chi connectivity index (χ3n) is 3.41. The summed E-state index contributed by atoms with van der Waals surface area (Å²) in [5.41, 5.74) is 7.26. The van der Waals surface area contributed by atoms with Crippen molar-refractivity contribution in [2.75, 3.05) is 0 Å². The maximum Gasteiger partial charge on any atom is 0.0834 e. The topological polar surface area (TPSA) is 43.8 Å². The summed E-state index contributed by atoms with van der Waals surface area (Å²) < 4.78 is 1.81. The molecule has 1 atom stereocenters. The first-order chi connectivity index (χ1) is 7.20. The molecule has 1 aliphatic carbocycles. The summed E-state index contributed by atoms with van der Waals surface area (Å²) in [6.07, 6.45) is 8.08. The molecule has 0 aromatic carbocycles. The van der Waals surface area contributed by atoms with Gasteiger partial charge in [0.1, 0.15) is 0 Å². The Kier molecular flexibility index (Phi) is 3.32. The molecule has 2 N–H and O–H groups in total. The zero-order chi connectivity index (χ0) is 10.8. The van der Waals surface area contributed by atoms with E-state index in [9.17, 15) is 0 Å². The number of hydrogen-bond donors (Lipinski definition) is 1. The molecule has 1 unspecified atom stereocenters. The second-order valence-corrected chi connectivity index (χ2v) is 4.83. The number of aryl methyl sites for hydroxylation is 1. The van der Waals surface area contributed by atoms with Crippen LogP contribution in [0.3, 0.4) is 0 Å². The zero-order valence-electron chi connectivity index (χ0n) is 9.12. The van der Waals surface area contributed by atoms with Crippen LogP contribution in [0.2, 0.25) is 5.02 Å². The van der Waals surface area contributed by atoms with E-state index in [0.29, 0.717) is 10.9 Å². The van der Waals surface area contributed by atoms with Gasteiger partial charge in [-0.2, -0.15) is 5.10 Å². The van der Waals surface area contributed by atoms with Crippen molar-refractivity contribution < 1.29 is 0 Å². The van der Waals surface area contributed by atoms with Crippen LogP contribution in [-0.4, -0.2) is 9.78 Å². The monoisotopic (exact) mass is 227 g/mol. The predicted molar refractivity (Wildman–Crippen MR) is 61.7 cm³/mol. The van der Waals surface area contributed by atoms with E-state index in [-0.39, 0.29) is 6.04 Å². The van der Waals surface area contributed by atoms with Gasteiger partial charge in [-0.05, 0) is 18.8 Å². The normalized spacial score (nSPS) is 20.5. The Bertz CT molecular complexity index is 309. The lowest BCUT2D eigenvalue weighted by Crippen LogP contribution is -2.25. The molecular weight excluding hydrogens is 210 g/mol. The molecule has 1 aliphatic rings. The molecule has 1 fully saturated rings. The molecule has 3 nitrogen and oxygen atoms in total. The van der Waals surface area contributed by atoms with Crippen molar-refractivity contribution in [3.63, 3.8) is 0 Å². The molecular formula is C11H18ClN3. The van der Waals surface area contributed by atoms with E-state index in [1.165, 1.54) is 32.1 Å². The fraction of sp³-hybridized carbons (Fsp3) is 0.727. The molecule has 15 heavy (non-hydrogen) atoms. The summed E-state index contributed by atoms with van der Waals surface area (Å²) in [5, 5.41) is 4.84. The summed E-state index contributed by atoms with van der Waals surface area (Å²) in [7, 11) is 1.91. The van der Waals surface area contributed by atoms with Gasteiger partial charge in [0.05, 0.1) is 23.0 Å². The third kappa shape index (κ3) is 2.18. The summed E-state index contributed by atoms with van der Waals surface area (Å²) in [6, 6.07) is 0.0466. The second kappa shape index (κ2) is 4.54. The number of nitrogens with two attached hydrogens (primary N) is 1. The van der Waals surface area contributed by atoms with E-state index in [0.717, 1.165) is 5.69 Å². The lowest BCUT2D eigenvalue weighted by molar-refractivity contribution is 0.300. The van der Waals surface area contributed by atoms with E-state index in [1.807, 2.05) is 11.7 Å². The van der Waals surface area contributed by atoms with Crippen LogP contribution < -0.4 is 5.73 Å². The van der Waals surface area contributed by atoms with Gasteiger partial charge in [-0.3, -0.25) is 4.68 Å². The fourth-order valence-corrected chi connectivity index (χ4v) is 2.80. The van der Waals surface area contributed by atoms with Gasteiger partial charge in [0.15, 0.2) is 0 Å². The van der Waals surface area contributed by atoms with Crippen LogP contribution >= 0.6 is 11.6 Å². The van der Waals surface area contributed by atoms with E-state index in [4.69, 9.17) is 17.3 Å². The molecule has 84 valence electrons. The van der Waals surface area contributed by atoms with Gasteiger partial charge in [0.2, 0.25) is 0 Å². The molecule has 0 spiro atoms. The minimum absolute atomic E-state index is 0.0466. The number of halogens is 1. The summed E-state index contributed by atoms with van der Waals surface area (Å²) in [5.74, 6) is 0.576. The molecule has 0 bridgehead atoms. The highest BCUT2D eigenvalue weighted by molar-refractivity contribution is 6.31. The summed E-state index contributed by atoms with van der Waals surface area (Å²) in [4.78, 5) is 0. The van der Waals surface area contributed by atoms with Gasteiger partial charge in [-0.25, -0.2) is 0 Å². The van der Waals surface area contributed by atoms with Crippen molar-refractivity contribution >= 4 is 11.6 Å². The average molecular weight is 228 g/mol. The second-order valence-electron chi connectivity index (χ2n) is 4.43. The van der Waals surface area contributed by atoms with Crippen LogP contribution in [0.1, 0.15) is 43.8 Å². The quantitative estimate of drug-likeness (QED) is 0.844. The first-order valence-corrected chi connectivity index (χ1v) is 6.01. The minimum Gasteiger partial charge on any atom is -0.322 e. The van der Waals surface area contributed by atoms with E-state index < -0.39 is 0 Å². The van der Waals surface area contributed by atoms with Crippen LogP contribution in [0.15, 0.2) is 6.20 Å². The van der Waals surface area contributed by atoms with E-state index in [1.54, 1.807) is 6.20 Å². The van der Waals surface area contributed by atoms with E-state index in [2.05, 4.69) is 5.10 Å². The lowest BCUT2D eigenvalue weighted by atomic mass is 9.83. The zero-order valence-corrected chi connectivity index (χ0v) is 9.87. The Hall–Kier alpha value is -0.540. The van der Waals surface area contributed by atoms with Gasteiger partial charge in [0, 0.05) is 7.05 Å². The molecule has 1 aromatic heterocycles. The highest BCUT2D eigenvalue weighted by atomic mass is 35.5. The molecule has 0 aliphatic heterocycles. The number of hydrogen-bond acceptors (Lipinski definition) is 2. The Morgan fingerprint density at radius 3 is 2.67 bits per heavy atom. The van der Waals surface area contributed by atoms with Crippen molar-refractivity contribution in [3.05, 3.63) is 16.9 Å². The SMILES string of the molecule is Cn1ncc(Cl)c1C(N)C1CCCCC1. The molecule has 1 heterocycles. The first kappa shape index (κ1) is 11.0. The first-order valence-electron chi connectivity index (χ1n) is 5.63. The summed E-state index contributed by atoms with van der Waals surface area (Å²) in [6.45, 7) is 0. The van der Waals surface area contributed by atoms with Crippen LogP contribution in [-0.2, 0) is 7.05 Å². The van der Waals surface area contributed by atoms with Crippen molar-refractivity contribution in [3.8, 4) is 0 Å². The minimum atomic E-state index is 0.0466. The molecule has 4 heteroatoms. The van der Waals surface area contributed by atoms with Crippen LogP contribution in [0.5, 0.6) is 0 Å². The number of nitrogens with zero attached hydrogens (tertiary/aromatic N) is 2. The van der Waals surface area contributed by atoms with Crippen molar-refractivity contribution in [2.45, 2.75) is 38.1 Å². The smallest absolute Gasteiger partial charge is 0.0834 e. The van der Waals surface area contributed by atoms with Crippen molar-refractivity contribution in [2.24, 2.45) is 18.7 Å². The van der Waals surface area contributed by atoms with Gasteiger partial charge in [-0.15, -0.1) is 0 Å². The molecule has 1 aromatic rings. The van der Waals surface area contributed by atoms with Crippen LogP contribution in [0.4, 0.5) is 0 Å². The maximum absolute atomic E-state index is 6.27. The number of rotatable bonds is 2. The Balaban J connectivity index is 2.15. The lowest BCUT2D eigenvalue weighted by Gasteiger charge is -2.27. The molecule has 0 radical (unpaired) electrons. The third-order valence-corrected chi connectivity index (χ3v) is 3.70. The number of aromatic nitrogens is 2. The highest BCUT2D eigenvalue weighted by Gasteiger charge is 2.25. The largest absolute Gasteiger partial charge is 0.322 e. The standard InChI is InChI=1S/C11H18ClN3/c1-15-11(9(12)7-14-15)10(13)8-5-3-2-4-6-8/h7-8,10H,2-6,13H2,1H3. The summed E-state index contributed by atoms with van der Waals surface area (Å²) >= 11 is 6.10. The maximum atomic E-state index is 6.27. The average Bonchev–Trinajstić information content (AvgIpc) is 2.59. The Morgan fingerprint density at radius 1 is 1.47 bits per heavy atom. The molecule has 2 rings (SSSR count). The highest BCUT2D eigenvalue weighted by Crippen LogP contribution is 2.34. The van der Waals surface area contributed by atoms with Gasteiger partial charge >= 0.3 is 0 Å². The van der Waals surface area contributed by atoms with Gasteiger partial charge < -0.3 is 5.73 Å². The van der Waals surface area contributed by atoms with Crippen molar-refractivity contribution in [1.29, 1.82) is 0 Å². The van der Waals surface area contributed by atoms with Crippen molar-refractivity contribution in [1.82, 2.24) is 9.78 Å². The fourth-order valence-electron chi connectivity index (χ4n) is 2.51.